The van der Waals surface area contributed by atoms with E-state index in [1.807, 2.05) is 31.2 Å². The van der Waals surface area contributed by atoms with Gasteiger partial charge >= 0.3 is 5.97 Å². The molecule has 0 saturated carbocycles. The molecule has 0 radical (unpaired) electrons. The molecule has 4 nitrogen and oxygen atoms in total. The molecule has 1 fully saturated rings. The fraction of sp³-hybridized carbons (Fsp3) is 0.533. The van der Waals surface area contributed by atoms with E-state index < -0.39 is 0 Å². The van der Waals surface area contributed by atoms with Crippen LogP contribution in [-0.2, 0) is 9.53 Å². The van der Waals surface area contributed by atoms with Crippen molar-refractivity contribution in [3.05, 3.63) is 29.8 Å². The zero-order chi connectivity index (χ0) is 13.7. The Morgan fingerprint density at radius 2 is 2.05 bits per heavy atom. The molecule has 1 aromatic carbocycles. The number of benzene rings is 1. The number of ether oxygens (including phenoxy) is 2. The fourth-order valence-electron chi connectivity index (χ4n) is 2.46. The van der Waals surface area contributed by atoms with Gasteiger partial charge in [-0.25, -0.2) is 0 Å². The van der Waals surface area contributed by atoms with Crippen LogP contribution in [0.3, 0.4) is 0 Å². The molecule has 1 saturated heterocycles. The van der Waals surface area contributed by atoms with Crippen LogP contribution < -0.4 is 10.1 Å². The average molecular weight is 263 g/mol. The topological polar surface area (TPSA) is 47.6 Å². The molecule has 1 aromatic rings. The minimum Gasteiger partial charge on any atom is -0.497 e. The number of piperidine rings is 1. The van der Waals surface area contributed by atoms with Gasteiger partial charge in [-0.05, 0) is 43.9 Å². The normalized spacial score (nSPS) is 22.8. The number of hydrogen-bond acceptors (Lipinski definition) is 4. The molecule has 1 N–H and O–H groups in total. The summed E-state index contributed by atoms with van der Waals surface area (Å²) in [7, 11) is 1.66. The third-order valence-electron chi connectivity index (χ3n) is 3.48. The average Bonchev–Trinajstić information content (AvgIpc) is 2.48. The van der Waals surface area contributed by atoms with Gasteiger partial charge in [0, 0.05) is 6.04 Å². The molecule has 0 amide bonds. The number of esters is 1. The number of carbonyl (C=O) groups excluding carboxylic acids is 1. The molecule has 104 valence electrons. The quantitative estimate of drug-likeness (QED) is 0.848. The Hall–Kier alpha value is -1.55. The summed E-state index contributed by atoms with van der Waals surface area (Å²) >= 11 is 0. The van der Waals surface area contributed by atoms with Crippen molar-refractivity contribution in [1.82, 2.24) is 5.32 Å². The predicted octanol–water partition coefficient (Wildman–Crippen LogP) is 2.44. The third kappa shape index (κ3) is 3.47. The van der Waals surface area contributed by atoms with E-state index in [-0.39, 0.29) is 18.1 Å². The van der Waals surface area contributed by atoms with E-state index in [2.05, 4.69) is 5.32 Å². The Balaban J connectivity index is 2.01. The second-order valence-corrected chi connectivity index (χ2v) is 4.73. The minimum atomic E-state index is -0.180. The number of nitrogens with one attached hydrogen (secondary N) is 1. The zero-order valence-corrected chi connectivity index (χ0v) is 11.5. The number of methoxy groups -OCH3 is 1. The highest BCUT2D eigenvalue weighted by Crippen LogP contribution is 2.27. The van der Waals surface area contributed by atoms with Crippen molar-refractivity contribution in [2.45, 2.75) is 38.3 Å². The van der Waals surface area contributed by atoms with Gasteiger partial charge in [0.1, 0.15) is 11.8 Å². The molecule has 0 spiro atoms. The van der Waals surface area contributed by atoms with E-state index in [9.17, 15) is 4.79 Å². The smallest absolute Gasteiger partial charge is 0.323 e. The number of hydrogen-bond donors (Lipinski definition) is 1. The molecule has 0 unspecified atom stereocenters. The molecule has 2 rings (SSSR count). The molecule has 1 heterocycles. The van der Waals surface area contributed by atoms with Gasteiger partial charge in [0.15, 0.2) is 0 Å². The molecule has 2 atom stereocenters. The first-order chi connectivity index (χ1) is 9.24. The van der Waals surface area contributed by atoms with Crippen LogP contribution in [0.5, 0.6) is 5.75 Å². The van der Waals surface area contributed by atoms with Gasteiger partial charge in [0.05, 0.1) is 13.7 Å². The lowest BCUT2D eigenvalue weighted by molar-refractivity contribution is -0.146. The lowest BCUT2D eigenvalue weighted by Crippen LogP contribution is -2.43. The maximum atomic E-state index is 11.8. The summed E-state index contributed by atoms with van der Waals surface area (Å²) in [6.07, 6.45) is 2.93. The van der Waals surface area contributed by atoms with Crippen molar-refractivity contribution < 1.29 is 14.3 Å². The van der Waals surface area contributed by atoms with E-state index in [1.54, 1.807) is 7.11 Å². The van der Waals surface area contributed by atoms with Crippen molar-refractivity contribution in [2.75, 3.05) is 13.7 Å². The first kappa shape index (κ1) is 13.9. The lowest BCUT2D eigenvalue weighted by Gasteiger charge is -2.30. The molecule has 1 aliphatic heterocycles. The van der Waals surface area contributed by atoms with Crippen LogP contribution in [0, 0.1) is 0 Å². The summed E-state index contributed by atoms with van der Waals surface area (Å²) in [6.45, 7) is 2.27. The summed E-state index contributed by atoms with van der Waals surface area (Å²) in [5, 5.41) is 3.38. The second-order valence-electron chi connectivity index (χ2n) is 4.73. The van der Waals surface area contributed by atoms with Crippen LogP contribution in [0.1, 0.15) is 37.8 Å². The minimum absolute atomic E-state index is 0.138. The second kappa shape index (κ2) is 6.57. The van der Waals surface area contributed by atoms with Crippen molar-refractivity contribution in [2.24, 2.45) is 0 Å². The Morgan fingerprint density at radius 1 is 1.32 bits per heavy atom. The standard InChI is InChI=1S/C15H21NO3/c1-3-19-15(17)14-6-4-5-13(16-14)11-7-9-12(18-2)10-8-11/h7-10,13-14,16H,3-6H2,1-2H3/t13-,14+/m1/s1. The van der Waals surface area contributed by atoms with Gasteiger partial charge in [-0.3, -0.25) is 10.1 Å². The number of rotatable bonds is 4. The van der Waals surface area contributed by atoms with Crippen LogP contribution >= 0.6 is 0 Å². The van der Waals surface area contributed by atoms with Crippen molar-refractivity contribution in [1.29, 1.82) is 0 Å². The monoisotopic (exact) mass is 263 g/mol. The Bertz CT molecular complexity index is 416. The first-order valence-corrected chi connectivity index (χ1v) is 6.81. The summed E-state index contributed by atoms with van der Waals surface area (Å²) < 4.78 is 10.2. The molecule has 0 aliphatic carbocycles. The van der Waals surface area contributed by atoms with E-state index >= 15 is 0 Å². The van der Waals surface area contributed by atoms with Crippen molar-refractivity contribution in [3.8, 4) is 5.75 Å². The van der Waals surface area contributed by atoms with Gasteiger partial charge in [-0.1, -0.05) is 12.1 Å². The van der Waals surface area contributed by atoms with Crippen molar-refractivity contribution in [3.63, 3.8) is 0 Å². The molecule has 0 aromatic heterocycles. The lowest BCUT2D eigenvalue weighted by atomic mass is 9.93. The van der Waals surface area contributed by atoms with Crippen LogP contribution in [0.2, 0.25) is 0 Å². The molecular weight excluding hydrogens is 242 g/mol. The Labute approximate surface area is 114 Å². The van der Waals surface area contributed by atoms with Gasteiger partial charge in [0.25, 0.3) is 0 Å². The summed E-state index contributed by atoms with van der Waals surface area (Å²) in [5.74, 6) is 0.710. The third-order valence-corrected chi connectivity index (χ3v) is 3.48. The predicted molar refractivity (Wildman–Crippen MR) is 73.1 cm³/mol. The first-order valence-electron chi connectivity index (χ1n) is 6.81. The SMILES string of the molecule is CCOC(=O)[C@@H]1CCC[C@H](c2ccc(OC)cc2)N1. The van der Waals surface area contributed by atoms with Crippen LogP contribution in [0.15, 0.2) is 24.3 Å². The zero-order valence-electron chi connectivity index (χ0n) is 11.5. The van der Waals surface area contributed by atoms with E-state index in [0.717, 1.165) is 25.0 Å². The summed E-state index contributed by atoms with van der Waals surface area (Å²) in [6, 6.07) is 8.03. The largest absolute Gasteiger partial charge is 0.497 e. The highest BCUT2D eigenvalue weighted by Gasteiger charge is 2.27. The fourth-order valence-corrected chi connectivity index (χ4v) is 2.46. The van der Waals surface area contributed by atoms with Gasteiger partial charge in [-0.15, -0.1) is 0 Å². The number of carbonyl (C=O) groups is 1. The molecule has 1 aliphatic rings. The maximum absolute atomic E-state index is 11.8. The highest BCUT2D eigenvalue weighted by molar-refractivity contribution is 5.76. The Kier molecular flexibility index (Phi) is 4.80. The van der Waals surface area contributed by atoms with E-state index in [0.29, 0.717) is 6.61 Å². The summed E-state index contributed by atoms with van der Waals surface area (Å²) in [5.41, 5.74) is 1.19. The van der Waals surface area contributed by atoms with E-state index in [4.69, 9.17) is 9.47 Å². The maximum Gasteiger partial charge on any atom is 0.323 e. The van der Waals surface area contributed by atoms with Crippen LogP contribution in [0.25, 0.3) is 0 Å². The van der Waals surface area contributed by atoms with Gasteiger partial charge < -0.3 is 9.47 Å². The highest BCUT2D eigenvalue weighted by atomic mass is 16.5. The Morgan fingerprint density at radius 3 is 2.68 bits per heavy atom. The molecule has 4 heteroatoms. The molecule has 19 heavy (non-hydrogen) atoms. The summed E-state index contributed by atoms with van der Waals surface area (Å²) in [4.78, 5) is 11.8. The van der Waals surface area contributed by atoms with Crippen LogP contribution in [0.4, 0.5) is 0 Å². The van der Waals surface area contributed by atoms with Gasteiger partial charge in [-0.2, -0.15) is 0 Å². The molecular formula is C15H21NO3. The van der Waals surface area contributed by atoms with Crippen LogP contribution in [-0.4, -0.2) is 25.7 Å². The van der Waals surface area contributed by atoms with Crippen molar-refractivity contribution >= 4 is 5.97 Å². The van der Waals surface area contributed by atoms with E-state index in [1.165, 1.54) is 5.56 Å². The van der Waals surface area contributed by atoms with Gasteiger partial charge in [0.2, 0.25) is 0 Å². The molecule has 0 bridgehead atoms.